The number of carbonyl (C=O) groups excluding carboxylic acids is 1. The quantitative estimate of drug-likeness (QED) is 0.329. The predicted molar refractivity (Wildman–Crippen MR) is 165 cm³/mol. The van der Waals surface area contributed by atoms with Crippen LogP contribution in [0, 0.1) is 17.2 Å². The van der Waals surface area contributed by atoms with Gasteiger partial charge in [-0.3, -0.25) is 19.4 Å². The van der Waals surface area contributed by atoms with Gasteiger partial charge in [-0.05, 0) is 95.3 Å². The van der Waals surface area contributed by atoms with Gasteiger partial charge in [0.2, 0.25) is 0 Å². The van der Waals surface area contributed by atoms with Crippen molar-refractivity contribution >= 4 is 48.3 Å². The van der Waals surface area contributed by atoms with Crippen molar-refractivity contribution in [3.63, 3.8) is 0 Å². The molecule has 1 aromatic carbocycles. The maximum absolute atomic E-state index is 13.6. The summed E-state index contributed by atoms with van der Waals surface area (Å²) in [6, 6.07) is 7.27. The lowest BCUT2D eigenvalue weighted by molar-refractivity contribution is -0.143. The van der Waals surface area contributed by atoms with Gasteiger partial charge in [-0.1, -0.05) is 6.92 Å². The largest absolute Gasteiger partial charge is 0.493 e. The molecule has 0 spiro atoms. The van der Waals surface area contributed by atoms with E-state index in [0.29, 0.717) is 30.4 Å². The molecule has 2 aliphatic rings. The Morgan fingerprint density at radius 1 is 1.25 bits per heavy atom. The first-order valence-corrected chi connectivity index (χ1v) is 14.7. The molecule has 44 heavy (non-hydrogen) atoms. The molecule has 1 amide bonds. The highest BCUT2D eigenvalue weighted by molar-refractivity contribution is 7.81. The normalized spacial score (nSPS) is 19.8. The van der Waals surface area contributed by atoms with Crippen LogP contribution in [0.3, 0.4) is 0 Å². The van der Waals surface area contributed by atoms with Crippen molar-refractivity contribution in [3.05, 3.63) is 47.3 Å². The highest BCUT2D eigenvalue weighted by atomic mass is 35.5. The number of piperidine rings is 1. The molecule has 2 aromatic rings. The number of likely N-dealkylation sites (tertiary alicyclic amines) is 1. The second-order valence-electron chi connectivity index (χ2n) is 11.4. The summed E-state index contributed by atoms with van der Waals surface area (Å²) < 4.78 is 47.0. The summed E-state index contributed by atoms with van der Waals surface area (Å²) in [5.74, 6) is -0.110. The first-order valence-electron chi connectivity index (χ1n) is 14.2. The number of thiol groups is 1. The number of pyridine rings is 1. The van der Waals surface area contributed by atoms with E-state index in [-0.39, 0.29) is 18.1 Å². The van der Waals surface area contributed by atoms with Crippen LogP contribution >= 0.6 is 25.0 Å². The van der Waals surface area contributed by atoms with Crippen LogP contribution in [0.15, 0.2) is 30.5 Å². The van der Waals surface area contributed by atoms with E-state index < -0.39 is 46.4 Å². The number of carbonyl (C=O) groups is 2. The Balaban J connectivity index is 0.00000529. The number of aliphatic carboxylic acids is 1. The number of amides is 1. The zero-order valence-corrected chi connectivity index (χ0v) is 26.7. The summed E-state index contributed by atoms with van der Waals surface area (Å²) >= 11 is 4.66. The number of benzene rings is 1. The van der Waals surface area contributed by atoms with Gasteiger partial charge < -0.3 is 14.7 Å². The zero-order chi connectivity index (χ0) is 31.7. The van der Waals surface area contributed by atoms with Crippen molar-refractivity contribution in [3.8, 4) is 11.8 Å². The zero-order valence-electron chi connectivity index (χ0n) is 25.0. The van der Waals surface area contributed by atoms with Gasteiger partial charge in [0.15, 0.2) is 11.2 Å². The van der Waals surface area contributed by atoms with Crippen LogP contribution in [0.1, 0.15) is 63.8 Å². The van der Waals surface area contributed by atoms with E-state index in [1.165, 1.54) is 6.07 Å². The number of alkyl halides is 3. The summed E-state index contributed by atoms with van der Waals surface area (Å²) in [6.07, 6.45) is -0.415. The van der Waals surface area contributed by atoms with Crippen LogP contribution in [0.2, 0.25) is 0 Å². The van der Waals surface area contributed by atoms with Crippen molar-refractivity contribution in [1.82, 2.24) is 9.88 Å². The molecule has 0 radical (unpaired) electrons. The number of halogens is 4. The van der Waals surface area contributed by atoms with Crippen LogP contribution in [0.25, 0.3) is 0 Å². The van der Waals surface area contributed by atoms with Crippen LogP contribution < -0.4 is 14.5 Å². The number of anilines is 2. The molecule has 2 fully saturated rings. The molecule has 1 N–H and O–H groups in total. The van der Waals surface area contributed by atoms with Gasteiger partial charge >= 0.3 is 12.1 Å². The SMILES string of the molecule is CCc1cc(N2[C@H](S)N(c3cnc(C#N)c(C(F)(F)F)c3)C(=O)C2(C)C)ccc1OCCC1CCN([C@@H](C)C(=O)O)CC1.Cl. The summed E-state index contributed by atoms with van der Waals surface area (Å²) in [5.41, 5.74) is -2.62. The molecule has 9 nitrogen and oxygen atoms in total. The van der Waals surface area contributed by atoms with Gasteiger partial charge in [0.05, 0.1) is 24.1 Å². The van der Waals surface area contributed by atoms with Crippen LogP contribution in [-0.2, 0) is 22.2 Å². The number of nitriles is 1. The number of rotatable bonds is 9. The monoisotopic (exact) mass is 655 g/mol. The molecule has 0 aliphatic carbocycles. The minimum atomic E-state index is -4.82. The Kier molecular flexibility index (Phi) is 11.1. The van der Waals surface area contributed by atoms with E-state index in [1.54, 1.807) is 31.7 Å². The molecule has 0 unspecified atom stereocenters. The van der Waals surface area contributed by atoms with Crippen LogP contribution in [0.5, 0.6) is 5.75 Å². The topological polar surface area (TPSA) is 110 Å². The van der Waals surface area contributed by atoms with E-state index >= 15 is 0 Å². The molecule has 14 heteroatoms. The number of carboxylic acid groups (broad SMARTS) is 1. The Bertz CT molecular complexity index is 1410. The molecule has 2 aliphatic heterocycles. The number of hydrogen-bond donors (Lipinski definition) is 2. The minimum absolute atomic E-state index is 0. The molecule has 0 saturated carbocycles. The first kappa shape index (κ1) is 35.3. The average molecular weight is 656 g/mol. The molecule has 240 valence electrons. The second kappa shape index (κ2) is 13.8. The molecule has 2 atom stereocenters. The smallest absolute Gasteiger partial charge is 0.419 e. The number of hydrogen-bond acceptors (Lipinski definition) is 8. The predicted octanol–water partition coefficient (Wildman–Crippen LogP) is 5.76. The molecule has 1 aromatic heterocycles. The Morgan fingerprint density at radius 3 is 2.48 bits per heavy atom. The van der Waals surface area contributed by atoms with Gasteiger partial charge in [0.25, 0.3) is 5.91 Å². The number of aromatic nitrogens is 1. The standard InChI is InChI=1S/C30H36F3N5O4S.ClH/c1-5-20-14-21(6-7-25(20)42-13-10-19-8-11-36(12-9-19)18(2)26(39)40)38-28(43)37(27(41)29(38,3)4)22-15-23(30(31,32)33)24(16-34)35-17-22;/h6-7,14-15,17-19,28,43H,5,8-13H2,1-4H3,(H,39,40);1H/t18-,28+;/m0./s1. The van der Waals surface area contributed by atoms with Gasteiger partial charge in [-0.15, -0.1) is 25.0 Å². The lowest BCUT2D eigenvalue weighted by Crippen LogP contribution is -2.45. The first-order chi connectivity index (χ1) is 20.2. The lowest BCUT2D eigenvalue weighted by Gasteiger charge is -2.34. The molecule has 4 rings (SSSR count). The van der Waals surface area contributed by atoms with Crippen molar-refractivity contribution < 1.29 is 32.6 Å². The highest BCUT2D eigenvalue weighted by Gasteiger charge is 2.52. The third-order valence-corrected chi connectivity index (χ3v) is 8.87. The minimum Gasteiger partial charge on any atom is -0.493 e. The Morgan fingerprint density at radius 2 is 1.91 bits per heavy atom. The van der Waals surface area contributed by atoms with Crippen LogP contribution in [0.4, 0.5) is 24.5 Å². The highest BCUT2D eigenvalue weighted by Crippen LogP contribution is 2.42. The van der Waals surface area contributed by atoms with E-state index in [9.17, 15) is 27.9 Å². The van der Waals surface area contributed by atoms with Crippen molar-refractivity contribution in [2.75, 3.05) is 29.5 Å². The van der Waals surface area contributed by atoms with Gasteiger partial charge in [0, 0.05) is 5.69 Å². The second-order valence-corrected chi connectivity index (χ2v) is 11.9. The van der Waals surface area contributed by atoms with E-state index in [1.807, 2.05) is 24.0 Å². The maximum Gasteiger partial charge on any atom is 0.419 e. The number of ether oxygens (including phenoxy) is 1. The lowest BCUT2D eigenvalue weighted by atomic mass is 9.93. The van der Waals surface area contributed by atoms with Crippen molar-refractivity contribution in [2.45, 2.75) is 76.6 Å². The molecular formula is C30H37ClF3N5O4S. The summed E-state index contributed by atoms with van der Waals surface area (Å²) in [7, 11) is 0. The summed E-state index contributed by atoms with van der Waals surface area (Å²) in [6.45, 7) is 9.05. The molecular weight excluding hydrogens is 619 g/mol. The van der Waals surface area contributed by atoms with E-state index in [2.05, 4.69) is 17.6 Å². The summed E-state index contributed by atoms with van der Waals surface area (Å²) in [5, 5.41) is 18.3. The molecule has 3 heterocycles. The fraction of sp³-hybridized carbons (Fsp3) is 0.533. The van der Waals surface area contributed by atoms with Crippen molar-refractivity contribution in [2.24, 2.45) is 5.92 Å². The van der Waals surface area contributed by atoms with E-state index in [0.717, 1.165) is 55.1 Å². The van der Waals surface area contributed by atoms with Gasteiger partial charge in [0.1, 0.15) is 23.4 Å². The van der Waals surface area contributed by atoms with Gasteiger partial charge in [-0.25, -0.2) is 4.98 Å². The Hall–Kier alpha value is -3.21. The Labute approximate surface area is 266 Å². The summed E-state index contributed by atoms with van der Waals surface area (Å²) in [4.78, 5) is 33.4. The maximum atomic E-state index is 13.6. The molecule has 2 saturated heterocycles. The van der Waals surface area contributed by atoms with Crippen LogP contribution in [-0.4, -0.2) is 63.6 Å². The number of nitrogens with zero attached hydrogens (tertiary/aromatic N) is 5. The van der Waals surface area contributed by atoms with Crippen molar-refractivity contribution in [1.29, 1.82) is 5.26 Å². The molecule has 0 bridgehead atoms. The third kappa shape index (κ3) is 7.03. The van der Waals surface area contributed by atoms with E-state index in [4.69, 9.17) is 10.00 Å². The number of carboxylic acids is 1. The third-order valence-electron chi connectivity index (χ3n) is 8.41. The fourth-order valence-corrected chi connectivity index (χ4v) is 6.42. The fourth-order valence-electron chi connectivity index (χ4n) is 5.76. The van der Waals surface area contributed by atoms with Gasteiger partial charge in [-0.2, -0.15) is 18.4 Å². The number of aryl methyl sites for hydroxylation is 1. The average Bonchev–Trinajstić information content (AvgIpc) is 3.14.